The molecule has 1 aromatic carbocycles. The normalized spacial score (nSPS) is 38.7. The number of hydrogen-bond acceptors (Lipinski definition) is 12. The van der Waals surface area contributed by atoms with Gasteiger partial charge in [-0.3, -0.25) is 9.59 Å². The Bertz CT molecular complexity index is 1520. The monoisotopic (exact) mass is 786 g/mol. The lowest BCUT2D eigenvalue weighted by molar-refractivity contribution is -0.302. The van der Waals surface area contributed by atoms with E-state index in [0.717, 1.165) is 12.8 Å². The number of unbranched alkanes of at least 4 members (excludes halogenated alkanes) is 1. The zero-order valence-electron chi connectivity index (χ0n) is 35.2. The van der Waals surface area contributed by atoms with Crippen LogP contribution in [-0.4, -0.2) is 115 Å². The number of nitrogens with zero attached hydrogens (tertiary/aromatic N) is 1. The maximum Gasteiger partial charge on any atom is 0.408 e. The van der Waals surface area contributed by atoms with E-state index in [2.05, 4.69) is 12.2 Å². The molecule has 3 aliphatic rings. The zero-order chi connectivity index (χ0) is 41.5. The second-order valence-electron chi connectivity index (χ2n) is 16.7. The zero-order valence-corrected chi connectivity index (χ0v) is 35.2. The average Bonchev–Trinajstić information content (AvgIpc) is 3.48. The summed E-state index contributed by atoms with van der Waals surface area (Å²) < 4.78 is 38.3. The smallest absolute Gasteiger partial charge is 0.408 e. The Kier molecular flexibility index (Phi) is 15.7. The molecule has 14 atom stereocenters. The summed E-state index contributed by atoms with van der Waals surface area (Å²) in [5, 5.41) is 14.9. The summed E-state index contributed by atoms with van der Waals surface area (Å²) in [7, 11) is 3.81. The van der Waals surface area contributed by atoms with Crippen LogP contribution < -0.4 is 5.32 Å². The van der Waals surface area contributed by atoms with Crippen molar-refractivity contribution in [1.29, 1.82) is 0 Å². The molecule has 0 saturated carbocycles. The molecule has 314 valence electrons. The average molecular weight is 787 g/mol. The van der Waals surface area contributed by atoms with Gasteiger partial charge in [0.1, 0.15) is 11.9 Å². The maximum atomic E-state index is 14.5. The number of ketones is 1. The fourth-order valence-electron chi connectivity index (χ4n) is 8.75. The number of amides is 1. The third kappa shape index (κ3) is 10.2. The Labute approximate surface area is 333 Å². The van der Waals surface area contributed by atoms with Crippen LogP contribution in [0.1, 0.15) is 105 Å². The van der Waals surface area contributed by atoms with E-state index < -0.39 is 89.7 Å². The first kappa shape index (κ1) is 45.3. The molecule has 13 nitrogen and oxygen atoms in total. The molecule has 0 spiro atoms. The number of hydrogen-bond donors (Lipinski definition) is 2. The van der Waals surface area contributed by atoms with E-state index in [1.54, 1.807) is 52.0 Å². The molecular formula is C43H66N2O11. The molecule has 1 aromatic rings. The van der Waals surface area contributed by atoms with Crippen LogP contribution >= 0.6 is 0 Å². The van der Waals surface area contributed by atoms with Crippen molar-refractivity contribution >= 4 is 23.8 Å². The summed E-state index contributed by atoms with van der Waals surface area (Å²) in [6.07, 6.45) is 0.421. The number of benzene rings is 1. The van der Waals surface area contributed by atoms with Crippen molar-refractivity contribution in [3.63, 3.8) is 0 Å². The van der Waals surface area contributed by atoms with Gasteiger partial charge in [-0.2, -0.15) is 0 Å². The van der Waals surface area contributed by atoms with Crippen LogP contribution in [0, 0.1) is 23.7 Å². The second kappa shape index (κ2) is 19.4. The molecule has 1 amide bonds. The third-order valence-corrected chi connectivity index (χ3v) is 12.0. The molecule has 4 rings (SSSR count). The van der Waals surface area contributed by atoms with Gasteiger partial charge in [-0.1, -0.05) is 71.4 Å². The van der Waals surface area contributed by atoms with E-state index in [-0.39, 0.29) is 31.0 Å². The number of aliphatic hydroxyl groups excluding tert-OH is 1. The fraction of sp³-hybridized carbons (Fsp3) is 0.721. The molecule has 3 heterocycles. The van der Waals surface area contributed by atoms with Crippen molar-refractivity contribution in [2.24, 2.45) is 23.7 Å². The molecular weight excluding hydrogens is 720 g/mol. The number of esters is 2. The highest BCUT2D eigenvalue weighted by molar-refractivity contribution is 5.89. The maximum absolute atomic E-state index is 14.5. The van der Waals surface area contributed by atoms with E-state index in [0.29, 0.717) is 18.4 Å². The first-order valence-electron chi connectivity index (χ1n) is 20.3. The molecule has 0 radical (unpaired) electrons. The Morgan fingerprint density at radius 1 is 1.02 bits per heavy atom. The number of rotatable bonds is 11. The minimum atomic E-state index is -1.35. The lowest BCUT2D eigenvalue weighted by atomic mass is 9.73. The molecule has 3 aliphatic heterocycles. The van der Waals surface area contributed by atoms with Gasteiger partial charge in [-0.15, -0.1) is 0 Å². The summed E-state index contributed by atoms with van der Waals surface area (Å²) in [4.78, 5) is 56.8. The van der Waals surface area contributed by atoms with Gasteiger partial charge in [0.15, 0.2) is 18.0 Å². The van der Waals surface area contributed by atoms with Crippen LogP contribution in [0.5, 0.6) is 0 Å². The molecule has 0 aliphatic carbocycles. The predicted octanol–water partition coefficient (Wildman–Crippen LogP) is 5.86. The largest absolute Gasteiger partial charge is 0.458 e. The minimum absolute atomic E-state index is 0.141. The molecule has 0 unspecified atom stereocenters. The highest BCUT2D eigenvalue weighted by Gasteiger charge is 2.57. The molecule has 3 fully saturated rings. The SMILES string of the molecule is CCC/C=C/CO[C@@]1(C)C[C@@H](C)C(=O)[C@H](C)[C@H]2NC(=O)O[C@]2(C)[C@@H](CC)OC(=O)[C@H](C)[C@@H](O)[C@H](C)[C@H]1O[C@@H]1O[C@H](C)C[C@H](N(C)C)[C@H]1OC(=O)c1ccccc1. The van der Waals surface area contributed by atoms with Gasteiger partial charge >= 0.3 is 18.0 Å². The number of Topliss-reactive ketones (excluding diaryl/α,β-unsaturated/α-hetero) is 1. The van der Waals surface area contributed by atoms with Crippen LogP contribution in [0.4, 0.5) is 4.79 Å². The van der Waals surface area contributed by atoms with Crippen LogP contribution in [0.15, 0.2) is 42.5 Å². The van der Waals surface area contributed by atoms with Crippen molar-refractivity contribution in [3.05, 3.63) is 48.0 Å². The van der Waals surface area contributed by atoms with Crippen molar-refractivity contribution in [2.75, 3.05) is 20.7 Å². The number of nitrogens with one attached hydrogen (secondary N) is 1. The number of alkyl carbamates (subject to hydrolysis) is 1. The predicted molar refractivity (Wildman–Crippen MR) is 210 cm³/mol. The van der Waals surface area contributed by atoms with Crippen molar-refractivity contribution in [1.82, 2.24) is 10.2 Å². The summed E-state index contributed by atoms with van der Waals surface area (Å²) in [5.74, 6) is -4.65. The van der Waals surface area contributed by atoms with Crippen LogP contribution in [0.2, 0.25) is 0 Å². The topological polar surface area (TPSA) is 159 Å². The minimum Gasteiger partial charge on any atom is -0.458 e. The summed E-state index contributed by atoms with van der Waals surface area (Å²) in [6, 6.07) is 7.58. The first-order valence-corrected chi connectivity index (χ1v) is 20.3. The Morgan fingerprint density at radius 2 is 1.70 bits per heavy atom. The quantitative estimate of drug-likeness (QED) is 0.157. The Balaban J connectivity index is 1.84. The van der Waals surface area contributed by atoms with E-state index in [1.807, 2.05) is 64.9 Å². The van der Waals surface area contributed by atoms with E-state index in [1.165, 1.54) is 0 Å². The lowest BCUT2D eigenvalue weighted by Gasteiger charge is -2.49. The van der Waals surface area contributed by atoms with Crippen molar-refractivity contribution in [2.45, 2.75) is 155 Å². The number of carbonyl (C=O) groups excluding carboxylic acids is 4. The number of allylic oxidation sites excluding steroid dienone is 1. The Hall–Kier alpha value is -3.36. The van der Waals surface area contributed by atoms with Crippen LogP contribution in [0.3, 0.4) is 0 Å². The van der Waals surface area contributed by atoms with E-state index in [9.17, 15) is 24.3 Å². The molecule has 3 saturated heterocycles. The molecule has 2 N–H and O–H groups in total. The van der Waals surface area contributed by atoms with Gasteiger partial charge in [0, 0.05) is 17.8 Å². The standard InChI is InChI=1S/C43H66N2O11/c1-12-14-15-19-22-51-42(8)24-25(3)33(46)27(5)36-43(9,56-41(50)44-36)32(13-2)53-38(48)29(7)34(47)28(6)37(42)55-40-35(31(45(10)11)23-26(4)52-40)54-39(49)30-20-17-16-18-21-30/h15-21,25-29,31-32,34-37,40,47H,12-14,22-24H2,1-11H3,(H,44,50)/b19-15+/t25-,26-,27+,28+,29-,31+,32-,34+,35-,36-,37-,40+,42+,43-/m1/s1. The van der Waals surface area contributed by atoms with Gasteiger partial charge in [0.2, 0.25) is 0 Å². The van der Waals surface area contributed by atoms with Gasteiger partial charge in [0.05, 0.1) is 54.1 Å². The number of ether oxygens (including phenoxy) is 6. The summed E-state index contributed by atoms with van der Waals surface area (Å²) >= 11 is 0. The molecule has 13 heteroatoms. The first-order chi connectivity index (χ1) is 26.4. The number of likely N-dealkylation sites (N-methyl/N-ethyl adjacent to an activating group) is 1. The Morgan fingerprint density at radius 3 is 2.32 bits per heavy atom. The van der Waals surface area contributed by atoms with Crippen molar-refractivity contribution in [3.8, 4) is 0 Å². The van der Waals surface area contributed by atoms with Gasteiger partial charge < -0.3 is 43.7 Å². The van der Waals surface area contributed by atoms with Gasteiger partial charge in [-0.25, -0.2) is 9.59 Å². The number of cyclic esters (lactones) is 1. The lowest BCUT2D eigenvalue weighted by Crippen LogP contribution is -2.61. The molecule has 0 aromatic heterocycles. The number of aliphatic hydroxyl groups is 1. The highest BCUT2D eigenvalue weighted by Crippen LogP contribution is 2.41. The summed E-state index contributed by atoms with van der Waals surface area (Å²) in [5.41, 5.74) is -2.26. The van der Waals surface area contributed by atoms with Crippen molar-refractivity contribution < 1.29 is 52.7 Å². The van der Waals surface area contributed by atoms with Gasteiger partial charge in [-0.05, 0) is 79.6 Å². The van der Waals surface area contributed by atoms with Gasteiger partial charge in [0.25, 0.3) is 0 Å². The second-order valence-corrected chi connectivity index (χ2v) is 16.7. The van der Waals surface area contributed by atoms with E-state index >= 15 is 0 Å². The molecule has 56 heavy (non-hydrogen) atoms. The van der Waals surface area contributed by atoms with Crippen LogP contribution in [0.25, 0.3) is 0 Å². The summed E-state index contributed by atoms with van der Waals surface area (Å²) in [6.45, 7) is 16.4. The third-order valence-electron chi connectivity index (χ3n) is 12.0. The van der Waals surface area contributed by atoms with Crippen LogP contribution in [-0.2, 0) is 38.0 Å². The highest BCUT2D eigenvalue weighted by atomic mass is 16.7. The molecule has 0 bridgehead atoms. The van der Waals surface area contributed by atoms with E-state index in [4.69, 9.17) is 28.4 Å². The number of fused-ring (bicyclic) bond motifs is 1. The fourth-order valence-corrected chi connectivity index (χ4v) is 8.75. The number of carbonyl (C=O) groups is 4.